The fraction of sp³-hybridized carbons (Fsp3) is 0.222. The molecule has 0 aliphatic rings. The number of benzene rings is 2. The minimum absolute atomic E-state index is 0.0185. The second-order valence-electron chi connectivity index (χ2n) is 6.19. The summed E-state index contributed by atoms with van der Waals surface area (Å²) in [7, 11) is -3.74. The topological polar surface area (TPSA) is 76.9 Å². The van der Waals surface area contributed by atoms with Gasteiger partial charge in [-0.05, 0) is 35.2 Å². The fourth-order valence-electron chi connectivity index (χ4n) is 2.43. The van der Waals surface area contributed by atoms with Crippen molar-refractivity contribution in [2.75, 3.05) is 4.72 Å². The molecule has 2 aromatic carbocycles. The first-order chi connectivity index (χ1) is 12.3. The summed E-state index contributed by atoms with van der Waals surface area (Å²) >= 11 is 6.13. The molecule has 6 nitrogen and oxygen atoms in total. The van der Waals surface area contributed by atoms with Crippen LogP contribution >= 0.6 is 11.6 Å². The highest BCUT2D eigenvalue weighted by molar-refractivity contribution is 7.92. The highest BCUT2D eigenvalue weighted by Crippen LogP contribution is 2.19. The molecular weight excluding hydrogens is 372 g/mol. The monoisotopic (exact) mass is 390 g/mol. The minimum atomic E-state index is -3.74. The van der Waals surface area contributed by atoms with Crippen LogP contribution in [0.1, 0.15) is 30.9 Å². The molecule has 0 amide bonds. The van der Waals surface area contributed by atoms with Gasteiger partial charge in [0.2, 0.25) is 0 Å². The van der Waals surface area contributed by atoms with E-state index in [1.54, 1.807) is 18.2 Å². The second kappa shape index (κ2) is 7.47. The molecule has 0 radical (unpaired) electrons. The van der Waals surface area contributed by atoms with Crippen LogP contribution in [0, 0.1) is 0 Å². The van der Waals surface area contributed by atoms with E-state index < -0.39 is 10.0 Å². The Bertz CT molecular complexity index is 998. The van der Waals surface area contributed by atoms with Gasteiger partial charge in [-0.15, -0.1) is 5.10 Å². The first-order valence-corrected chi connectivity index (χ1v) is 9.97. The van der Waals surface area contributed by atoms with Crippen LogP contribution in [0.4, 0.5) is 5.95 Å². The summed E-state index contributed by atoms with van der Waals surface area (Å²) in [5.74, 6) is 0.354. The Balaban J connectivity index is 1.74. The number of nitrogens with zero attached hydrogens (tertiary/aromatic N) is 3. The zero-order valence-corrected chi connectivity index (χ0v) is 16.0. The van der Waals surface area contributed by atoms with Crippen LogP contribution in [-0.2, 0) is 16.6 Å². The van der Waals surface area contributed by atoms with Crippen LogP contribution in [0.25, 0.3) is 0 Å². The molecule has 0 saturated heterocycles. The summed E-state index contributed by atoms with van der Waals surface area (Å²) in [4.78, 5) is 4.19. The first-order valence-electron chi connectivity index (χ1n) is 8.11. The van der Waals surface area contributed by atoms with Crippen molar-refractivity contribution in [1.82, 2.24) is 14.8 Å². The number of hydrogen-bond acceptors (Lipinski definition) is 4. The van der Waals surface area contributed by atoms with E-state index in [1.165, 1.54) is 11.0 Å². The lowest BCUT2D eigenvalue weighted by atomic mass is 10.0. The van der Waals surface area contributed by atoms with Crippen LogP contribution in [0.5, 0.6) is 0 Å². The predicted molar refractivity (Wildman–Crippen MR) is 102 cm³/mol. The molecule has 0 bridgehead atoms. The Labute approximate surface area is 157 Å². The Kier molecular flexibility index (Phi) is 5.29. The lowest BCUT2D eigenvalue weighted by molar-refractivity contribution is 0.600. The number of nitrogens with one attached hydrogen (secondary N) is 1. The lowest BCUT2D eigenvalue weighted by Gasteiger charge is -2.08. The van der Waals surface area contributed by atoms with Gasteiger partial charge >= 0.3 is 0 Å². The summed E-state index contributed by atoms with van der Waals surface area (Å²) in [6.45, 7) is 4.51. The van der Waals surface area contributed by atoms with Crippen LogP contribution in [0.3, 0.4) is 0 Å². The molecule has 0 atom stereocenters. The van der Waals surface area contributed by atoms with E-state index in [0.717, 1.165) is 11.1 Å². The molecule has 0 fully saturated rings. The lowest BCUT2D eigenvalue weighted by Crippen LogP contribution is -2.14. The third-order valence-electron chi connectivity index (χ3n) is 3.91. The van der Waals surface area contributed by atoms with E-state index in [1.807, 2.05) is 30.3 Å². The quantitative estimate of drug-likeness (QED) is 0.692. The van der Waals surface area contributed by atoms with Crippen molar-refractivity contribution in [3.63, 3.8) is 0 Å². The largest absolute Gasteiger partial charge is 0.264 e. The number of halogens is 1. The smallest absolute Gasteiger partial charge is 0.246 e. The standard InChI is InChI=1S/C18H19ClN4O2S/c1-13(2)14-7-9-16(10-8-14)26(24,25)22-18-20-12-23(21-18)11-15-5-3-4-6-17(15)19/h3-10,12-13H,11H2,1-2H3,(H,21,22). The molecule has 0 unspecified atom stereocenters. The molecule has 136 valence electrons. The van der Waals surface area contributed by atoms with E-state index in [2.05, 4.69) is 28.7 Å². The van der Waals surface area contributed by atoms with Crippen LogP contribution in [-0.4, -0.2) is 23.2 Å². The summed E-state index contributed by atoms with van der Waals surface area (Å²) in [5.41, 5.74) is 1.95. The summed E-state index contributed by atoms with van der Waals surface area (Å²) in [6.07, 6.45) is 1.46. The van der Waals surface area contributed by atoms with Gasteiger partial charge in [-0.3, -0.25) is 0 Å². The van der Waals surface area contributed by atoms with Crippen molar-refractivity contribution in [2.24, 2.45) is 0 Å². The Morgan fingerprint density at radius 1 is 1.12 bits per heavy atom. The van der Waals surface area contributed by atoms with Crippen molar-refractivity contribution in [1.29, 1.82) is 0 Å². The molecule has 1 aromatic heterocycles. The summed E-state index contributed by atoms with van der Waals surface area (Å²) in [6, 6.07) is 14.2. The molecule has 1 N–H and O–H groups in total. The highest BCUT2D eigenvalue weighted by Gasteiger charge is 2.17. The van der Waals surface area contributed by atoms with Gasteiger partial charge in [0.05, 0.1) is 11.4 Å². The van der Waals surface area contributed by atoms with Crippen molar-refractivity contribution < 1.29 is 8.42 Å². The molecule has 8 heteroatoms. The average molecular weight is 391 g/mol. The number of rotatable bonds is 6. The number of aromatic nitrogens is 3. The van der Waals surface area contributed by atoms with Crippen molar-refractivity contribution in [3.8, 4) is 0 Å². The van der Waals surface area contributed by atoms with Gasteiger partial charge in [0.15, 0.2) is 0 Å². The molecular formula is C18H19ClN4O2S. The molecule has 0 saturated carbocycles. The highest BCUT2D eigenvalue weighted by atomic mass is 35.5. The first kappa shape index (κ1) is 18.4. The second-order valence-corrected chi connectivity index (χ2v) is 8.28. The van der Waals surface area contributed by atoms with Crippen molar-refractivity contribution >= 4 is 27.6 Å². The van der Waals surface area contributed by atoms with Gasteiger partial charge in [-0.1, -0.05) is 55.8 Å². The van der Waals surface area contributed by atoms with Gasteiger partial charge < -0.3 is 0 Å². The molecule has 0 aliphatic heterocycles. The van der Waals surface area contributed by atoms with Crippen LogP contribution in [0.15, 0.2) is 59.8 Å². The van der Waals surface area contributed by atoms with Crippen LogP contribution in [0.2, 0.25) is 5.02 Å². The Morgan fingerprint density at radius 3 is 2.46 bits per heavy atom. The number of hydrogen-bond donors (Lipinski definition) is 1. The summed E-state index contributed by atoms with van der Waals surface area (Å²) < 4.78 is 28.9. The maximum Gasteiger partial charge on any atom is 0.264 e. The predicted octanol–water partition coefficient (Wildman–Crippen LogP) is 3.90. The molecule has 26 heavy (non-hydrogen) atoms. The maximum atomic E-state index is 12.5. The molecule has 0 spiro atoms. The van der Waals surface area contributed by atoms with Crippen LogP contribution < -0.4 is 4.72 Å². The van der Waals surface area contributed by atoms with Gasteiger partial charge in [0.1, 0.15) is 6.33 Å². The minimum Gasteiger partial charge on any atom is -0.246 e. The van der Waals surface area contributed by atoms with Gasteiger partial charge in [0, 0.05) is 5.02 Å². The SMILES string of the molecule is CC(C)c1ccc(S(=O)(=O)Nc2ncn(Cc3ccccc3Cl)n2)cc1. The van der Waals surface area contributed by atoms with E-state index in [0.29, 0.717) is 17.5 Å². The third kappa shape index (κ3) is 4.23. The van der Waals surface area contributed by atoms with Crippen molar-refractivity contribution in [3.05, 3.63) is 71.0 Å². The van der Waals surface area contributed by atoms with Gasteiger partial charge in [0.25, 0.3) is 16.0 Å². The fourth-order valence-corrected chi connectivity index (χ4v) is 3.57. The number of anilines is 1. The molecule has 0 aliphatic carbocycles. The van der Waals surface area contributed by atoms with Gasteiger partial charge in [-0.2, -0.15) is 4.98 Å². The number of sulfonamides is 1. The molecule has 1 heterocycles. The average Bonchev–Trinajstić information content (AvgIpc) is 3.03. The van der Waals surface area contributed by atoms with Gasteiger partial charge in [-0.25, -0.2) is 17.8 Å². The summed E-state index contributed by atoms with van der Waals surface area (Å²) in [5, 5.41) is 4.78. The Morgan fingerprint density at radius 2 is 1.81 bits per heavy atom. The van der Waals surface area contributed by atoms with Crippen molar-refractivity contribution in [2.45, 2.75) is 31.2 Å². The Hall–Kier alpha value is -2.38. The van der Waals surface area contributed by atoms with E-state index in [4.69, 9.17) is 11.6 Å². The third-order valence-corrected chi connectivity index (χ3v) is 5.62. The zero-order valence-electron chi connectivity index (χ0n) is 14.4. The van der Waals surface area contributed by atoms with E-state index >= 15 is 0 Å². The molecule has 3 aromatic rings. The normalized spacial score (nSPS) is 11.7. The molecule has 3 rings (SSSR count). The van der Waals surface area contributed by atoms with E-state index in [-0.39, 0.29) is 10.8 Å². The van der Waals surface area contributed by atoms with E-state index in [9.17, 15) is 8.42 Å². The zero-order chi connectivity index (χ0) is 18.7. The maximum absolute atomic E-state index is 12.5.